The van der Waals surface area contributed by atoms with E-state index in [9.17, 15) is 4.79 Å². The van der Waals surface area contributed by atoms with Crippen molar-refractivity contribution in [3.8, 4) is 11.1 Å². The van der Waals surface area contributed by atoms with E-state index in [1.165, 1.54) is 0 Å². The quantitative estimate of drug-likeness (QED) is 0.807. The predicted molar refractivity (Wildman–Crippen MR) is 105 cm³/mol. The second-order valence-corrected chi connectivity index (χ2v) is 7.65. The van der Waals surface area contributed by atoms with Crippen LogP contribution in [0.1, 0.15) is 38.4 Å². The van der Waals surface area contributed by atoms with Crippen LogP contribution in [0.15, 0.2) is 30.5 Å². The minimum absolute atomic E-state index is 0.0164. The van der Waals surface area contributed by atoms with Gasteiger partial charge in [0.2, 0.25) is 11.9 Å². The maximum atomic E-state index is 12.7. The van der Waals surface area contributed by atoms with E-state index in [4.69, 9.17) is 16.6 Å². The number of likely N-dealkylation sites (tertiary alicyclic amines) is 1. The summed E-state index contributed by atoms with van der Waals surface area (Å²) in [5, 5.41) is 0.693. The molecule has 2 heterocycles. The van der Waals surface area contributed by atoms with E-state index < -0.39 is 0 Å². The van der Waals surface area contributed by atoms with Crippen LogP contribution in [0.3, 0.4) is 0 Å². The van der Waals surface area contributed by atoms with Gasteiger partial charge in [0.1, 0.15) is 0 Å². The molecule has 0 saturated carbocycles. The third kappa shape index (κ3) is 3.68. The topological polar surface area (TPSA) is 49.3 Å². The molecule has 1 aromatic heterocycles. The average Bonchev–Trinajstić information content (AvgIpc) is 3.10. The minimum atomic E-state index is -0.0234. The standard InChI is InChI=1S/C20H25ClN4O/c1-13(2)19(26)25-11-5-6-17(25)18-16(12-22-20(23-18)24(3)4)14-7-9-15(21)10-8-14/h7-10,12-13,17H,5-6,11H2,1-4H3/t17-/m1/s1. The maximum Gasteiger partial charge on any atom is 0.225 e. The molecule has 3 rings (SSSR count). The fourth-order valence-corrected chi connectivity index (χ4v) is 3.48. The van der Waals surface area contributed by atoms with E-state index in [1.54, 1.807) is 0 Å². The zero-order valence-corrected chi connectivity index (χ0v) is 16.5. The van der Waals surface area contributed by atoms with E-state index in [2.05, 4.69) is 4.98 Å². The lowest BCUT2D eigenvalue weighted by Crippen LogP contribution is -2.34. The van der Waals surface area contributed by atoms with Gasteiger partial charge in [-0.25, -0.2) is 9.97 Å². The van der Waals surface area contributed by atoms with Crippen molar-refractivity contribution in [3.63, 3.8) is 0 Å². The summed E-state index contributed by atoms with van der Waals surface area (Å²) < 4.78 is 0. The number of anilines is 1. The molecule has 6 heteroatoms. The number of halogens is 1. The molecule has 1 aliphatic heterocycles. The molecule has 1 saturated heterocycles. The normalized spacial score (nSPS) is 17.0. The van der Waals surface area contributed by atoms with Gasteiger partial charge in [-0.3, -0.25) is 4.79 Å². The summed E-state index contributed by atoms with van der Waals surface area (Å²) in [4.78, 5) is 25.9. The van der Waals surface area contributed by atoms with Crippen molar-refractivity contribution in [2.45, 2.75) is 32.7 Å². The van der Waals surface area contributed by atoms with Gasteiger partial charge in [-0.05, 0) is 30.5 Å². The van der Waals surface area contributed by atoms with Crippen LogP contribution < -0.4 is 4.90 Å². The lowest BCUT2D eigenvalue weighted by molar-refractivity contribution is -0.135. The first-order valence-electron chi connectivity index (χ1n) is 8.99. The van der Waals surface area contributed by atoms with E-state index >= 15 is 0 Å². The summed E-state index contributed by atoms with van der Waals surface area (Å²) in [5.74, 6) is 0.811. The van der Waals surface area contributed by atoms with Crippen LogP contribution >= 0.6 is 11.6 Å². The fourth-order valence-electron chi connectivity index (χ4n) is 3.35. The summed E-state index contributed by atoms with van der Waals surface area (Å²) in [6.07, 6.45) is 3.77. The van der Waals surface area contributed by atoms with Gasteiger partial charge in [-0.15, -0.1) is 0 Å². The minimum Gasteiger partial charge on any atom is -0.347 e. The number of aromatic nitrogens is 2. The van der Waals surface area contributed by atoms with Crippen LogP contribution in [0.4, 0.5) is 5.95 Å². The molecular formula is C20H25ClN4O. The van der Waals surface area contributed by atoms with Crippen LogP contribution in [0.5, 0.6) is 0 Å². The van der Waals surface area contributed by atoms with Gasteiger partial charge in [0.05, 0.1) is 11.7 Å². The van der Waals surface area contributed by atoms with Crippen molar-refractivity contribution < 1.29 is 4.79 Å². The van der Waals surface area contributed by atoms with Crippen LogP contribution in [0.2, 0.25) is 5.02 Å². The Morgan fingerprint density at radius 2 is 1.96 bits per heavy atom. The molecule has 5 nitrogen and oxygen atoms in total. The van der Waals surface area contributed by atoms with Crippen molar-refractivity contribution in [2.75, 3.05) is 25.5 Å². The van der Waals surface area contributed by atoms with Gasteiger partial charge in [0, 0.05) is 43.3 Å². The predicted octanol–water partition coefficient (Wildman–Crippen LogP) is 4.18. The monoisotopic (exact) mass is 372 g/mol. The molecule has 0 aliphatic carbocycles. The van der Waals surface area contributed by atoms with E-state index in [0.29, 0.717) is 11.0 Å². The Kier molecular flexibility index (Phi) is 5.47. The number of carbonyl (C=O) groups excluding carboxylic acids is 1. The van der Waals surface area contributed by atoms with Gasteiger partial charge in [0.25, 0.3) is 0 Å². The Labute approximate surface area is 160 Å². The van der Waals surface area contributed by atoms with Crippen LogP contribution in [0.25, 0.3) is 11.1 Å². The smallest absolute Gasteiger partial charge is 0.225 e. The third-order valence-electron chi connectivity index (χ3n) is 4.71. The summed E-state index contributed by atoms with van der Waals surface area (Å²) in [7, 11) is 3.85. The fraction of sp³-hybridized carbons (Fsp3) is 0.450. The molecule has 0 radical (unpaired) electrons. The lowest BCUT2D eigenvalue weighted by atomic mass is 9.99. The molecule has 1 fully saturated rings. The SMILES string of the molecule is CC(C)C(=O)N1CCC[C@@H]1c1nc(N(C)C)ncc1-c1ccc(Cl)cc1. The van der Waals surface area contributed by atoms with E-state index in [0.717, 1.165) is 36.2 Å². The molecule has 2 aromatic rings. The third-order valence-corrected chi connectivity index (χ3v) is 4.96. The van der Waals surface area contributed by atoms with Crippen molar-refractivity contribution in [1.29, 1.82) is 0 Å². The molecule has 26 heavy (non-hydrogen) atoms. The Hall–Kier alpha value is -2.14. The first kappa shape index (κ1) is 18.6. The highest BCUT2D eigenvalue weighted by Crippen LogP contribution is 2.38. The summed E-state index contributed by atoms with van der Waals surface area (Å²) >= 11 is 6.04. The van der Waals surface area contributed by atoms with Crippen molar-refractivity contribution in [2.24, 2.45) is 5.92 Å². The second kappa shape index (κ2) is 7.62. The zero-order valence-electron chi connectivity index (χ0n) is 15.7. The van der Waals surface area contributed by atoms with Gasteiger partial charge >= 0.3 is 0 Å². The Morgan fingerprint density at radius 3 is 2.58 bits per heavy atom. The molecule has 1 aromatic carbocycles. The largest absolute Gasteiger partial charge is 0.347 e. The number of hydrogen-bond acceptors (Lipinski definition) is 4. The molecular weight excluding hydrogens is 348 g/mol. The molecule has 0 N–H and O–H groups in total. The molecule has 0 spiro atoms. The van der Waals surface area contributed by atoms with Gasteiger partial charge in [-0.2, -0.15) is 0 Å². The summed E-state index contributed by atoms with van der Waals surface area (Å²) in [6.45, 7) is 4.68. The highest BCUT2D eigenvalue weighted by atomic mass is 35.5. The zero-order chi connectivity index (χ0) is 18.8. The molecule has 1 atom stereocenters. The number of carbonyl (C=O) groups is 1. The van der Waals surface area contributed by atoms with Crippen molar-refractivity contribution in [3.05, 3.63) is 41.2 Å². The van der Waals surface area contributed by atoms with E-state index in [1.807, 2.05) is 68.2 Å². The Balaban J connectivity index is 2.09. The van der Waals surface area contributed by atoms with Crippen LogP contribution in [-0.2, 0) is 4.79 Å². The van der Waals surface area contributed by atoms with Gasteiger partial charge in [-0.1, -0.05) is 37.6 Å². The molecule has 0 bridgehead atoms. The number of nitrogens with zero attached hydrogens (tertiary/aromatic N) is 4. The maximum absolute atomic E-state index is 12.7. The second-order valence-electron chi connectivity index (χ2n) is 7.21. The van der Waals surface area contributed by atoms with Crippen molar-refractivity contribution in [1.82, 2.24) is 14.9 Å². The van der Waals surface area contributed by atoms with Crippen LogP contribution in [0, 0.1) is 5.92 Å². The number of amides is 1. The summed E-state index contributed by atoms with van der Waals surface area (Å²) in [5.41, 5.74) is 2.89. The number of hydrogen-bond donors (Lipinski definition) is 0. The van der Waals surface area contributed by atoms with Crippen molar-refractivity contribution >= 4 is 23.5 Å². The molecule has 1 aliphatic rings. The molecule has 138 valence electrons. The highest BCUT2D eigenvalue weighted by molar-refractivity contribution is 6.30. The van der Waals surface area contributed by atoms with Gasteiger partial charge in [0.15, 0.2) is 0 Å². The first-order valence-corrected chi connectivity index (χ1v) is 9.37. The summed E-state index contributed by atoms with van der Waals surface area (Å²) in [6, 6.07) is 7.67. The first-order chi connectivity index (χ1) is 12.4. The molecule has 1 amide bonds. The van der Waals surface area contributed by atoms with Crippen LogP contribution in [-0.4, -0.2) is 41.4 Å². The Morgan fingerprint density at radius 1 is 1.27 bits per heavy atom. The number of rotatable bonds is 4. The highest BCUT2D eigenvalue weighted by Gasteiger charge is 2.34. The molecule has 0 unspecified atom stereocenters. The number of benzene rings is 1. The van der Waals surface area contributed by atoms with Gasteiger partial charge < -0.3 is 9.80 Å². The Bertz CT molecular complexity index is 789. The lowest BCUT2D eigenvalue weighted by Gasteiger charge is -2.28. The average molecular weight is 373 g/mol. The van der Waals surface area contributed by atoms with E-state index in [-0.39, 0.29) is 17.9 Å².